The smallest absolute Gasteiger partial charge is 0.340 e. The maximum atomic E-state index is 14.5. The molecule has 0 N–H and O–H groups in total. The summed E-state index contributed by atoms with van der Waals surface area (Å²) in [4.78, 5) is 32.4. The molecule has 0 aliphatic heterocycles. The Balaban J connectivity index is 1.64. The summed E-state index contributed by atoms with van der Waals surface area (Å²) in [5, 5.41) is 4.46. The summed E-state index contributed by atoms with van der Waals surface area (Å²) in [6, 6.07) is 45.9. The molecule has 6 nitrogen and oxygen atoms in total. The molecule has 59 heavy (non-hydrogen) atoms. The van der Waals surface area contributed by atoms with Crippen LogP contribution >= 0.6 is 0 Å². The number of anilines is 2. The molecule has 0 heterocycles. The first kappa shape index (κ1) is 42.2. The van der Waals surface area contributed by atoms with Gasteiger partial charge in [-0.2, -0.15) is 0 Å². The molecule has 0 atom stereocenters. The Kier molecular flexibility index (Phi) is 12.9. The van der Waals surface area contributed by atoms with Crippen LogP contribution in [0.3, 0.4) is 0 Å². The van der Waals surface area contributed by atoms with Crippen LogP contribution in [-0.2, 0) is 43.0 Å². The van der Waals surface area contributed by atoms with Gasteiger partial charge in [0, 0.05) is 36.2 Å². The number of carbonyl (C=O) groups excluding carboxylic acids is 2. The molecule has 0 fully saturated rings. The predicted molar refractivity (Wildman–Crippen MR) is 245 cm³/mol. The van der Waals surface area contributed by atoms with Crippen molar-refractivity contribution in [3.8, 4) is 0 Å². The Bertz CT molecular complexity index is 2550. The first-order chi connectivity index (χ1) is 28.2. The zero-order chi connectivity index (χ0) is 42.3. The van der Waals surface area contributed by atoms with Crippen molar-refractivity contribution < 1.29 is 19.1 Å². The van der Waals surface area contributed by atoms with E-state index in [1.807, 2.05) is 49.4 Å². The molecular formula is C53H56N2O4. The molecular weight excluding hydrogens is 729 g/mol. The van der Waals surface area contributed by atoms with E-state index in [1.54, 1.807) is 6.08 Å². The van der Waals surface area contributed by atoms with Crippen molar-refractivity contribution in [2.75, 3.05) is 24.0 Å². The summed E-state index contributed by atoms with van der Waals surface area (Å²) in [6.45, 7) is 15.9. The van der Waals surface area contributed by atoms with Crippen molar-refractivity contribution in [1.29, 1.82) is 0 Å². The van der Waals surface area contributed by atoms with Gasteiger partial charge in [0.25, 0.3) is 0 Å². The largest absolute Gasteiger partial charge is 0.466 e. The van der Waals surface area contributed by atoms with Crippen LogP contribution in [-0.4, -0.2) is 26.2 Å². The molecule has 0 aliphatic rings. The van der Waals surface area contributed by atoms with Gasteiger partial charge in [-0.15, -0.1) is 0 Å². The molecule has 0 unspecified atom stereocenters. The number of benzene rings is 6. The van der Waals surface area contributed by atoms with Crippen molar-refractivity contribution >= 4 is 44.9 Å². The van der Waals surface area contributed by atoms with Crippen LogP contribution in [0, 0.1) is 0 Å². The van der Waals surface area contributed by atoms with E-state index in [4.69, 9.17) is 9.47 Å². The average Bonchev–Trinajstić information content (AvgIpc) is 3.23. The number of esters is 2. The maximum Gasteiger partial charge on any atom is 0.340 e. The number of nitrogens with zero attached hydrogens (tertiary/aromatic N) is 2. The summed E-state index contributed by atoms with van der Waals surface area (Å²) in [6.07, 6.45) is 5.22. The van der Waals surface area contributed by atoms with Gasteiger partial charge < -0.3 is 19.3 Å². The molecule has 0 aromatic heterocycles. The summed E-state index contributed by atoms with van der Waals surface area (Å²) in [7, 11) is 2.76. The maximum absolute atomic E-state index is 14.5. The van der Waals surface area contributed by atoms with Crippen molar-refractivity contribution in [3.63, 3.8) is 0 Å². The van der Waals surface area contributed by atoms with E-state index in [9.17, 15) is 9.59 Å². The van der Waals surface area contributed by atoms with E-state index in [0.717, 1.165) is 55.2 Å². The van der Waals surface area contributed by atoms with Gasteiger partial charge in [-0.25, -0.2) is 9.59 Å². The van der Waals surface area contributed by atoms with Gasteiger partial charge >= 0.3 is 11.9 Å². The van der Waals surface area contributed by atoms with E-state index < -0.39 is 11.9 Å². The van der Waals surface area contributed by atoms with Crippen LogP contribution in [0.15, 0.2) is 169 Å². The van der Waals surface area contributed by atoms with E-state index in [-0.39, 0.29) is 16.4 Å². The standard InChI is InChI=1S/C53H56N2O4/c1-10-47(55(49-32-18-16-30-46(49)53(5,6)7)36-40-26-20-24-38-22-12-14-28-43(38)40)44(51(57)59-9)33-41(34-50(56)58-8)54(48-31-17-15-29-45(48)52(2,3)4)35-39-25-19-23-37-21-11-13-27-42(37)39/h10-34H,35-36H2,1-9H3/b41-34-,44-33+,47-10+. The number of hydrogen-bond donors (Lipinski definition) is 0. The number of carbonyl (C=O) groups is 2. The third-order valence-corrected chi connectivity index (χ3v) is 10.7. The third kappa shape index (κ3) is 9.50. The summed E-state index contributed by atoms with van der Waals surface area (Å²) >= 11 is 0. The molecule has 0 bridgehead atoms. The molecule has 0 amide bonds. The minimum atomic E-state index is -0.552. The number of para-hydroxylation sites is 2. The van der Waals surface area contributed by atoms with Crippen LogP contribution in [0.4, 0.5) is 11.4 Å². The lowest BCUT2D eigenvalue weighted by Gasteiger charge is -2.35. The summed E-state index contributed by atoms with van der Waals surface area (Å²) < 4.78 is 11.0. The first-order valence-electron chi connectivity index (χ1n) is 20.2. The molecule has 0 saturated carbocycles. The van der Waals surface area contributed by atoms with Gasteiger partial charge in [0.15, 0.2) is 0 Å². The highest BCUT2D eigenvalue weighted by atomic mass is 16.5. The van der Waals surface area contributed by atoms with Crippen molar-refractivity contribution in [3.05, 3.63) is 191 Å². The third-order valence-electron chi connectivity index (χ3n) is 10.7. The number of rotatable bonds is 12. The number of allylic oxidation sites excluding steroid dienone is 2. The second-order valence-corrected chi connectivity index (χ2v) is 16.8. The molecule has 0 aliphatic carbocycles. The van der Waals surface area contributed by atoms with Gasteiger partial charge in [0.2, 0.25) is 0 Å². The zero-order valence-electron chi connectivity index (χ0n) is 35.9. The quantitative estimate of drug-likeness (QED) is 0.0700. The van der Waals surface area contributed by atoms with Crippen LogP contribution in [0.2, 0.25) is 0 Å². The minimum absolute atomic E-state index is 0.233. The highest BCUT2D eigenvalue weighted by Crippen LogP contribution is 2.40. The fourth-order valence-electron chi connectivity index (χ4n) is 7.83. The second-order valence-electron chi connectivity index (χ2n) is 16.8. The fourth-order valence-corrected chi connectivity index (χ4v) is 7.83. The molecule has 6 rings (SSSR count). The van der Waals surface area contributed by atoms with Crippen molar-refractivity contribution in [2.45, 2.75) is 72.4 Å². The summed E-state index contributed by atoms with van der Waals surface area (Å²) in [5.74, 6) is -1.09. The fraction of sp³-hybridized carbons (Fsp3) is 0.245. The molecule has 6 aromatic rings. The van der Waals surface area contributed by atoms with E-state index in [1.165, 1.54) is 20.3 Å². The van der Waals surface area contributed by atoms with Gasteiger partial charge in [-0.1, -0.05) is 169 Å². The molecule has 6 aromatic carbocycles. The molecule has 0 saturated heterocycles. The van der Waals surface area contributed by atoms with Gasteiger partial charge in [-0.05, 0) is 79.8 Å². The highest BCUT2D eigenvalue weighted by molar-refractivity contribution is 5.97. The lowest BCUT2D eigenvalue weighted by atomic mass is 9.85. The number of methoxy groups -OCH3 is 2. The average molecular weight is 785 g/mol. The Morgan fingerprint density at radius 3 is 1.46 bits per heavy atom. The predicted octanol–water partition coefficient (Wildman–Crippen LogP) is 12.4. The van der Waals surface area contributed by atoms with E-state index >= 15 is 0 Å². The van der Waals surface area contributed by atoms with E-state index in [0.29, 0.717) is 24.5 Å². The Morgan fingerprint density at radius 1 is 0.542 bits per heavy atom. The van der Waals surface area contributed by atoms with Crippen LogP contribution < -0.4 is 9.80 Å². The Morgan fingerprint density at radius 2 is 0.983 bits per heavy atom. The topological polar surface area (TPSA) is 59.1 Å². The first-order valence-corrected chi connectivity index (χ1v) is 20.2. The van der Waals surface area contributed by atoms with Gasteiger partial charge in [0.1, 0.15) is 0 Å². The zero-order valence-corrected chi connectivity index (χ0v) is 35.9. The van der Waals surface area contributed by atoms with Crippen molar-refractivity contribution in [1.82, 2.24) is 0 Å². The molecule has 0 radical (unpaired) electrons. The van der Waals surface area contributed by atoms with E-state index in [2.05, 4.69) is 148 Å². The molecule has 302 valence electrons. The summed E-state index contributed by atoms with van der Waals surface area (Å²) in [5.41, 5.74) is 7.08. The van der Waals surface area contributed by atoms with Crippen LogP contribution in [0.1, 0.15) is 70.7 Å². The SMILES string of the molecule is C\C=C(/C(=C\C(=C\C(=O)OC)N(Cc1cccc2ccccc12)c1ccccc1C(C)(C)C)C(=O)OC)N(Cc1cccc2ccccc12)c1ccccc1C(C)(C)C. The lowest BCUT2D eigenvalue weighted by Crippen LogP contribution is -2.30. The number of fused-ring (bicyclic) bond motifs is 2. The normalized spacial score (nSPS) is 12.7. The van der Waals surface area contributed by atoms with Crippen molar-refractivity contribution in [2.24, 2.45) is 0 Å². The van der Waals surface area contributed by atoms with Crippen LogP contribution in [0.5, 0.6) is 0 Å². The highest BCUT2D eigenvalue weighted by Gasteiger charge is 2.30. The number of ether oxygens (including phenoxy) is 2. The monoisotopic (exact) mass is 784 g/mol. The lowest BCUT2D eigenvalue weighted by molar-refractivity contribution is -0.136. The number of hydrogen-bond acceptors (Lipinski definition) is 6. The molecule has 0 spiro atoms. The minimum Gasteiger partial charge on any atom is -0.466 e. The Hall–Kier alpha value is -6.40. The van der Waals surface area contributed by atoms with Gasteiger partial charge in [-0.3, -0.25) is 0 Å². The second kappa shape index (κ2) is 18.0. The van der Waals surface area contributed by atoms with Gasteiger partial charge in [0.05, 0.1) is 25.5 Å². The Labute approximate surface area is 350 Å². The van der Waals surface area contributed by atoms with Crippen LogP contribution in [0.25, 0.3) is 21.5 Å². The molecule has 6 heteroatoms.